The van der Waals surface area contributed by atoms with Gasteiger partial charge in [-0.15, -0.1) is 0 Å². The van der Waals surface area contributed by atoms with Gasteiger partial charge in [0.1, 0.15) is 6.54 Å². The summed E-state index contributed by atoms with van der Waals surface area (Å²) in [5.41, 5.74) is 2.92. The van der Waals surface area contributed by atoms with Crippen LogP contribution in [0.4, 0.5) is 5.69 Å². The van der Waals surface area contributed by atoms with Crippen molar-refractivity contribution in [3.05, 3.63) is 53.6 Å². The van der Waals surface area contributed by atoms with Crippen LogP contribution < -0.4 is 19.7 Å². The first-order valence-electron chi connectivity index (χ1n) is 8.82. The van der Waals surface area contributed by atoms with E-state index in [-0.39, 0.29) is 25.2 Å². The zero-order valence-electron chi connectivity index (χ0n) is 15.0. The largest absolute Gasteiger partial charge is 0.465 e. The second-order valence-electron chi connectivity index (χ2n) is 6.68. The number of quaternary nitrogens is 1. The lowest BCUT2D eigenvalue weighted by atomic mass is 9.94. The van der Waals surface area contributed by atoms with Gasteiger partial charge < -0.3 is 24.4 Å². The smallest absolute Gasteiger partial charge is 0.365 e. The standard InChI is InChI=1S/C20H20N2O5/c1-25-20(24)16-8-13-4-2-3-5-14(13)10-22(16)11-19(23)21-15-6-7-17-18(9-15)27-12-26-17/h2-7,9,16H,8,10-12H2,1H3,(H,21,23)/p+1/t16-/m0/s1. The molecule has 1 amide bonds. The van der Waals surface area contributed by atoms with Crippen molar-refractivity contribution in [3.63, 3.8) is 0 Å². The van der Waals surface area contributed by atoms with Gasteiger partial charge >= 0.3 is 5.97 Å². The maximum atomic E-state index is 12.6. The molecule has 2 aromatic carbocycles. The van der Waals surface area contributed by atoms with E-state index in [1.54, 1.807) is 18.2 Å². The van der Waals surface area contributed by atoms with Crippen LogP contribution in [0.2, 0.25) is 0 Å². The molecule has 0 aromatic heterocycles. The lowest BCUT2D eigenvalue weighted by molar-refractivity contribution is -0.924. The Bertz CT molecular complexity index is 882. The van der Waals surface area contributed by atoms with Crippen LogP contribution in [-0.4, -0.2) is 38.4 Å². The Morgan fingerprint density at radius 3 is 2.74 bits per heavy atom. The predicted octanol–water partition coefficient (Wildman–Crippen LogP) is 0.537. The molecule has 0 saturated carbocycles. The van der Waals surface area contributed by atoms with E-state index in [2.05, 4.69) is 5.32 Å². The highest BCUT2D eigenvalue weighted by Gasteiger charge is 2.37. The summed E-state index contributed by atoms with van der Waals surface area (Å²) >= 11 is 0. The monoisotopic (exact) mass is 369 g/mol. The van der Waals surface area contributed by atoms with Crippen molar-refractivity contribution in [1.82, 2.24) is 0 Å². The Balaban J connectivity index is 1.47. The minimum Gasteiger partial charge on any atom is -0.465 e. The van der Waals surface area contributed by atoms with Crippen molar-refractivity contribution in [2.45, 2.75) is 19.0 Å². The van der Waals surface area contributed by atoms with Crippen molar-refractivity contribution >= 4 is 17.6 Å². The SMILES string of the molecule is COC(=O)[C@@H]1Cc2ccccc2C[NH+]1CC(=O)Nc1ccc2c(c1)OCO2. The molecule has 2 aromatic rings. The van der Waals surface area contributed by atoms with E-state index in [0.717, 1.165) is 16.0 Å². The van der Waals surface area contributed by atoms with E-state index >= 15 is 0 Å². The van der Waals surface area contributed by atoms with Gasteiger partial charge in [0.05, 0.1) is 7.11 Å². The van der Waals surface area contributed by atoms with Gasteiger partial charge in [0.2, 0.25) is 6.79 Å². The highest BCUT2D eigenvalue weighted by molar-refractivity contribution is 5.92. The predicted molar refractivity (Wildman–Crippen MR) is 96.7 cm³/mol. The number of carbonyl (C=O) groups excluding carboxylic acids is 2. The molecule has 2 atom stereocenters. The number of fused-ring (bicyclic) bond motifs is 2. The Morgan fingerprint density at radius 2 is 1.93 bits per heavy atom. The number of hydrogen-bond donors (Lipinski definition) is 2. The van der Waals surface area contributed by atoms with E-state index in [0.29, 0.717) is 30.2 Å². The fourth-order valence-corrected chi connectivity index (χ4v) is 3.62. The second kappa shape index (κ2) is 7.28. The molecule has 27 heavy (non-hydrogen) atoms. The van der Waals surface area contributed by atoms with Gasteiger partial charge in [0.25, 0.3) is 5.91 Å². The molecule has 0 fully saturated rings. The van der Waals surface area contributed by atoms with Crippen molar-refractivity contribution in [2.24, 2.45) is 0 Å². The van der Waals surface area contributed by atoms with Crippen LogP contribution in [0.15, 0.2) is 42.5 Å². The molecule has 1 unspecified atom stereocenters. The van der Waals surface area contributed by atoms with E-state index < -0.39 is 6.04 Å². The molecular weight excluding hydrogens is 348 g/mol. The third-order valence-corrected chi connectivity index (χ3v) is 4.98. The molecule has 0 spiro atoms. The van der Waals surface area contributed by atoms with E-state index in [1.165, 1.54) is 7.11 Å². The molecule has 2 heterocycles. The van der Waals surface area contributed by atoms with Gasteiger partial charge in [-0.2, -0.15) is 0 Å². The topological polar surface area (TPSA) is 78.3 Å². The summed E-state index contributed by atoms with van der Waals surface area (Å²) in [5.74, 6) is 0.809. The van der Waals surface area contributed by atoms with Gasteiger partial charge in [-0.3, -0.25) is 4.79 Å². The summed E-state index contributed by atoms with van der Waals surface area (Å²) in [6.07, 6.45) is 0.565. The average Bonchev–Trinajstić information content (AvgIpc) is 3.14. The van der Waals surface area contributed by atoms with Crippen LogP contribution in [0.3, 0.4) is 0 Å². The summed E-state index contributed by atoms with van der Waals surface area (Å²) in [7, 11) is 1.38. The Hall–Kier alpha value is -3.06. The molecule has 7 nitrogen and oxygen atoms in total. The number of benzene rings is 2. The minimum absolute atomic E-state index is 0.169. The summed E-state index contributed by atoms with van der Waals surface area (Å²) in [4.78, 5) is 25.7. The van der Waals surface area contributed by atoms with Crippen LogP contribution in [0.5, 0.6) is 11.5 Å². The third kappa shape index (κ3) is 3.59. The molecule has 0 aliphatic carbocycles. The average molecular weight is 369 g/mol. The van der Waals surface area contributed by atoms with Gasteiger partial charge in [0, 0.05) is 23.7 Å². The highest BCUT2D eigenvalue weighted by atomic mass is 16.7. The number of hydrogen-bond acceptors (Lipinski definition) is 5. The van der Waals surface area contributed by atoms with Gasteiger partial charge in [0.15, 0.2) is 24.1 Å². The molecule has 4 rings (SSSR count). The molecule has 2 aliphatic rings. The number of methoxy groups -OCH3 is 1. The summed E-state index contributed by atoms with van der Waals surface area (Å²) in [6, 6.07) is 12.9. The van der Waals surface area contributed by atoms with Gasteiger partial charge in [-0.25, -0.2) is 4.79 Å². The molecular formula is C20H21N2O5+. The summed E-state index contributed by atoms with van der Waals surface area (Å²) < 4.78 is 15.6. The van der Waals surface area contributed by atoms with Crippen LogP contribution in [0, 0.1) is 0 Å². The van der Waals surface area contributed by atoms with Crippen LogP contribution in [0.25, 0.3) is 0 Å². The second-order valence-corrected chi connectivity index (χ2v) is 6.68. The van der Waals surface area contributed by atoms with Crippen LogP contribution in [0.1, 0.15) is 11.1 Å². The number of rotatable bonds is 4. The summed E-state index contributed by atoms with van der Waals surface area (Å²) in [6.45, 7) is 0.956. The fourth-order valence-electron chi connectivity index (χ4n) is 3.62. The van der Waals surface area contributed by atoms with Crippen molar-refractivity contribution in [1.29, 1.82) is 0 Å². The normalized spacial score (nSPS) is 19.9. The van der Waals surface area contributed by atoms with Crippen LogP contribution in [-0.2, 0) is 27.3 Å². The van der Waals surface area contributed by atoms with Crippen molar-refractivity contribution in [2.75, 3.05) is 25.8 Å². The number of amides is 1. The van der Waals surface area contributed by atoms with E-state index in [4.69, 9.17) is 14.2 Å². The first-order chi connectivity index (χ1) is 13.1. The fraction of sp³-hybridized carbons (Fsp3) is 0.300. The lowest BCUT2D eigenvalue weighted by Gasteiger charge is -2.31. The summed E-state index contributed by atoms with van der Waals surface area (Å²) in [5, 5.41) is 2.87. The molecule has 2 aliphatic heterocycles. The number of nitrogens with one attached hydrogen (secondary N) is 2. The molecule has 7 heteroatoms. The first kappa shape index (κ1) is 17.4. The third-order valence-electron chi connectivity index (χ3n) is 4.98. The van der Waals surface area contributed by atoms with E-state index in [9.17, 15) is 9.59 Å². The number of esters is 1. The first-order valence-corrected chi connectivity index (χ1v) is 8.82. The zero-order chi connectivity index (χ0) is 18.8. The molecule has 0 bridgehead atoms. The molecule has 0 radical (unpaired) electrons. The van der Waals surface area contributed by atoms with Crippen molar-refractivity contribution < 1.29 is 28.7 Å². The highest BCUT2D eigenvalue weighted by Crippen LogP contribution is 2.34. The van der Waals surface area contributed by atoms with E-state index in [1.807, 2.05) is 24.3 Å². The number of anilines is 1. The Morgan fingerprint density at radius 1 is 1.15 bits per heavy atom. The molecule has 2 N–H and O–H groups in total. The zero-order valence-corrected chi connectivity index (χ0v) is 15.0. The van der Waals surface area contributed by atoms with Crippen molar-refractivity contribution in [3.8, 4) is 11.5 Å². The molecule has 0 saturated heterocycles. The lowest BCUT2D eigenvalue weighted by Crippen LogP contribution is -3.17. The number of carbonyl (C=O) groups is 2. The maximum Gasteiger partial charge on any atom is 0.365 e. The quantitative estimate of drug-likeness (QED) is 0.769. The van der Waals surface area contributed by atoms with Gasteiger partial charge in [-0.05, 0) is 17.7 Å². The number of ether oxygens (including phenoxy) is 3. The Kier molecular flexibility index (Phi) is 4.68. The van der Waals surface area contributed by atoms with Crippen LogP contribution >= 0.6 is 0 Å². The Labute approximate surface area is 156 Å². The molecule has 140 valence electrons. The minimum atomic E-state index is -0.396. The van der Waals surface area contributed by atoms with Gasteiger partial charge in [-0.1, -0.05) is 24.3 Å². The maximum absolute atomic E-state index is 12.6.